The molecule has 0 atom stereocenters. The number of rotatable bonds is 5. The van der Waals surface area contributed by atoms with E-state index in [9.17, 15) is 13.2 Å². The van der Waals surface area contributed by atoms with Gasteiger partial charge in [-0.2, -0.15) is 8.42 Å². The van der Waals surface area contributed by atoms with Crippen LogP contribution in [0.15, 0.2) is 12.2 Å². The van der Waals surface area contributed by atoms with Crippen LogP contribution in [0.1, 0.15) is 13.3 Å². The highest BCUT2D eigenvalue weighted by Crippen LogP contribution is 1.98. The van der Waals surface area contributed by atoms with Gasteiger partial charge in [-0.15, -0.1) is 0 Å². The van der Waals surface area contributed by atoms with Gasteiger partial charge in [0.2, 0.25) is 5.91 Å². The number of likely N-dealkylation sites (N-methyl/N-ethyl adjacent to an activating group) is 1. The lowest BCUT2D eigenvalue weighted by Gasteiger charge is -2.16. The lowest BCUT2D eigenvalue weighted by Crippen LogP contribution is -2.29. The lowest BCUT2D eigenvalue weighted by molar-refractivity contribution is -0.125. The number of hydrogen-bond donors (Lipinski definition) is 1. The highest BCUT2D eigenvalue weighted by atomic mass is 32.2. The fourth-order valence-corrected chi connectivity index (χ4v) is 1.41. The Bertz CT molecular complexity index is 320. The van der Waals surface area contributed by atoms with E-state index >= 15 is 0 Å². The van der Waals surface area contributed by atoms with Crippen LogP contribution in [-0.4, -0.2) is 43.1 Å². The van der Waals surface area contributed by atoms with Crippen molar-refractivity contribution in [2.45, 2.75) is 13.3 Å². The van der Waals surface area contributed by atoms with Crippen molar-refractivity contribution < 1.29 is 17.8 Å². The van der Waals surface area contributed by atoms with Crippen LogP contribution in [-0.2, 0) is 14.9 Å². The van der Waals surface area contributed by atoms with Gasteiger partial charge in [0, 0.05) is 19.2 Å². The second-order valence-corrected chi connectivity index (χ2v) is 4.72. The van der Waals surface area contributed by atoms with Crippen molar-refractivity contribution in [3.63, 3.8) is 0 Å². The van der Waals surface area contributed by atoms with Gasteiger partial charge in [-0.3, -0.25) is 9.35 Å². The van der Waals surface area contributed by atoms with Crippen LogP contribution in [0, 0.1) is 0 Å². The Hall–Kier alpha value is -0.880. The maximum atomic E-state index is 11.2. The molecule has 0 aliphatic heterocycles. The zero-order valence-electron chi connectivity index (χ0n) is 8.36. The molecule has 0 radical (unpaired) electrons. The van der Waals surface area contributed by atoms with E-state index in [1.54, 1.807) is 14.0 Å². The summed E-state index contributed by atoms with van der Waals surface area (Å²) in [5.41, 5.74) is 0.402. The van der Waals surface area contributed by atoms with Crippen LogP contribution >= 0.6 is 0 Å². The summed E-state index contributed by atoms with van der Waals surface area (Å²) in [6.07, 6.45) is 0.217. The number of carbonyl (C=O) groups is 1. The predicted octanol–water partition coefficient (Wildman–Crippen LogP) is 0.299. The Kier molecular flexibility index (Phi) is 4.79. The van der Waals surface area contributed by atoms with Gasteiger partial charge < -0.3 is 4.90 Å². The second-order valence-electron chi connectivity index (χ2n) is 3.15. The van der Waals surface area contributed by atoms with Gasteiger partial charge in [-0.1, -0.05) is 6.58 Å². The summed E-state index contributed by atoms with van der Waals surface area (Å²) in [5.74, 6) is -0.554. The molecule has 1 N–H and O–H groups in total. The molecular weight excluding hydrogens is 206 g/mol. The molecule has 0 aliphatic carbocycles. The third-order valence-corrected chi connectivity index (χ3v) is 2.41. The summed E-state index contributed by atoms with van der Waals surface area (Å²) >= 11 is 0. The third kappa shape index (κ3) is 5.71. The van der Waals surface area contributed by atoms with Gasteiger partial charge in [0.1, 0.15) is 0 Å². The average molecular weight is 221 g/mol. The minimum absolute atomic E-state index is 0.217. The predicted molar refractivity (Wildman–Crippen MR) is 53.5 cm³/mol. The van der Waals surface area contributed by atoms with Crippen molar-refractivity contribution in [1.82, 2.24) is 4.90 Å². The first kappa shape index (κ1) is 13.1. The van der Waals surface area contributed by atoms with Crippen LogP contribution in [0.5, 0.6) is 0 Å². The highest BCUT2D eigenvalue weighted by molar-refractivity contribution is 7.85. The standard InChI is InChI=1S/C8H15NO4S/c1-7(2)8(10)9(3)5-4-6-14(11,12)13/h1,4-6H2,2-3H3,(H,11,12,13). The molecule has 0 spiro atoms. The summed E-state index contributed by atoms with van der Waals surface area (Å²) in [5, 5.41) is 0. The average Bonchev–Trinajstić information content (AvgIpc) is 2.00. The van der Waals surface area contributed by atoms with E-state index in [1.165, 1.54) is 4.90 Å². The fraction of sp³-hybridized carbons (Fsp3) is 0.625. The van der Waals surface area contributed by atoms with Gasteiger partial charge in [-0.05, 0) is 13.3 Å². The van der Waals surface area contributed by atoms with Gasteiger partial charge in [0.25, 0.3) is 10.1 Å². The highest BCUT2D eigenvalue weighted by Gasteiger charge is 2.10. The van der Waals surface area contributed by atoms with Crippen molar-refractivity contribution in [1.29, 1.82) is 0 Å². The summed E-state index contributed by atoms with van der Waals surface area (Å²) in [6, 6.07) is 0. The molecule has 1 amide bonds. The second kappa shape index (κ2) is 5.11. The number of carbonyl (C=O) groups excluding carboxylic acids is 1. The molecule has 82 valence electrons. The minimum Gasteiger partial charge on any atom is -0.342 e. The summed E-state index contributed by atoms with van der Waals surface area (Å²) in [4.78, 5) is 12.6. The molecule has 0 aromatic rings. The summed E-state index contributed by atoms with van der Waals surface area (Å²) < 4.78 is 29.1. The van der Waals surface area contributed by atoms with Crippen molar-refractivity contribution in [3.8, 4) is 0 Å². The molecular formula is C8H15NO4S. The monoisotopic (exact) mass is 221 g/mol. The molecule has 14 heavy (non-hydrogen) atoms. The zero-order chi connectivity index (χ0) is 11.4. The van der Waals surface area contributed by atoms with Crippen LogP contribution < -0.4 is 0 Å². The third-order valence-electron chi connectivity index (χ3n) is 1.61. The molecule has 0 aromatic carbocycles. The van der Waals surface area contributed by atoms with E-state index in [0.717, 1.165) is 0 Å². The number of nitrogens with zero attached hydrogens (tertiary/aromatic N) is 1. The van der Waals surface area contributed by atoms with E-state index < -0.39 is 10.1 Å². The topological polar surface area (TPSA) is 74.7 Å². The normalized spacial score (nSPS) is 11.1. The Morgan fingerprint density at radius 3 is 2.36 bits per heavy atom. The van der Waals surface area contributed by atoms with Gasteiger partial charge in [0.05, 0.1) is 5.75 Å². The van der Waals surface area contributed by atoms with Crippen molar-refractivity contribution in [3.05, 3.63) is 12.2 Å². The maximum Gasteiger partial charge on any atom is 0.264 e. The SMILES string of the molecule is C=C(C)C(=O)N(C)CCCS(=O)(=O)O. The molecule has 0 saturated heterocycles. The molecule has 0 aromatic heterocycles. The molecule has 5 nitrogen and oxygen atoms in total. The molecule has 0 saturated carbocycles. The molecule has 0 unspecified atom stereocenters. The van der Waals surface area contributed by atoms with Crippen LogP contribution in [0.25, 0.3) is 0 Å². The van der Waals surface area contributed by atoms with E-state index in [4.69, 9.17) is 4.55 Å². The quantitative estimate of drug-likeness (QED) is 0.535. The van der Waals surface area contributed by atoms with Crippen LogP contribution in [0.2, 0.25) is 0 Å². The number of hydrogen-bond acceptors (Lipinski definition) is 3. The largest absolute Gasteiger partial charge is 0.342 e. The Morgan fingerprint density at radius 1 is 1.50 bits per heavy atom. The molecule has 0 heterocycles. The molecule has 0 aliphatic rings. The first-order chi connectivity index (χ1) is 6.24. The number of amides is 1. The van der Waals surface area contributed by atoms with Gasteiger partial charge in [-0.25, -0.2) is 0 Å². The van der Waals surface area contributed by atoms with Gasteiger partial charge >= 0.3 is 0 Å². The first-order valence-corrected chi connectivity index (χ1v) is 5.71. The van der Waals surface area contributed by atoms with Gasteiger partial charge in [0.15, 0.2) is 0 Å². The molecule has 0 fully saturated rings. The Balaban J connectivity index is 3.92. The first-order valence-electron chi connectivity index (χ1n) is 4.10. The molecule has 0 bridgehead atoms. The van der Waals surface area contributed by atoms with E-state index in [-0.39, 0.29) is 24.6 Å². The Labute approximate surface area is 84.2 Å². The molecule has 0 rings (SSSR count). The van der Waals surface area contributed by atoms with Crippen molar-refractivity contribution >= 4 is 16.0 Å². The van der Waals surface area contributed by atoms with Crippen LogP contribution in [0.4, 0.5) is 0 Å². The van der Waals surface area contributed by atoms with Crippen molar-refractivity contribution in [2.24, 2.45) is 0 Å². The fourth-order valence-electron chi connectivity index (χ4n) is 0.911. The Morgan fingerprint density at radius 2 is 2.00 bits per heavy atom. The molecule has 6 heteroatoms. The minimum atomic E-state index is -3.93. The summed E-state index contributed by atoms with van der Waals surface area (Å²) in [7, 11) is -2.37. The van der Waals surface area contributed by atoms with E-state index in [0.29, 0.717) is 5.57 Å². The van der Waals surface area contributed by atoms with E-state index in [1.807, 2.05) is 0 Å². The van der Waals surface area contributed by atoms with Crippen LogP contribution in [0.3, 0.4) is 0 Å². The summed E-state index contributed by atoms with van der Waals surface area (Å²) in [6.45, 7) is 5.34. The van der Waals surface area contributed by atoms with Crippen molar-refractivity contribution in [2.75, 3.05) is 19.3 Å². The zero-order valence-corrected chi connectivity index (χ0v) is 9.17. The lowest BCUT2D eigenvalue weighted by atomic mass is 10.3. The maximum absolute atomic E-state index is 11.2. The smallest absolute Gasteiger partial charge is 0.264 e. The van der Waals surface area contributed by atoms with E-state index in [2.05, 4.69) is 6.58 Å².